The Hall–Kier alpha value is -0.0400. The average Bonchev–Trinajstić information content (AvgIpc) is 2.65. The Morgan fingerprint density at radius 1 is 0.720 bits per heavy atom. The van der Waals surface area contributed by atoms with Crippen LogP contribution in [0.15, 0.2) is 0 Å². The minimum Gasteiger partial charge on any atom is -0.375 e. The molecule has 0 aromatic rings. The minimum atomic E-state index is 0.248. The van der Waals surface area contributed by atoms with Crippen molar-refractivity contribution in [3.8, 4) is 0 Å². The van der Waals surface area contributed by atoms with E-state index in [-0.39, 0.29) is 5.60 Å². The van der Waals surface area contributed by atoms with Gasteiger partial charge < -0.3 is 4.74 Å². The van der Waals surface area contributed by atoms with Crippen LogP contribution in [-0.4, -0.2) is 12.2 Å². The molecule has 1 heteroatoms. The zero-order valence-electron chi connectivity index (χ0n) is 17.7. The summed E-state index contributed by atoms with van der Waals surface area (Å²) in [5, 5.41) is 0. The fourth-order valence-electron chi connectivity index (χ4n) is 5.72. The van der Waals surface area contributed by atoms with E-state index in [9.17, 15) is 0 Å². The smallest absolute Gasteiger partial charge is 0.0682 e. The Morgan fingerprint density at radius 3 is 1.96 bits per heavy atom. The molecule has 2 fully saturated rings. The number of hydrogen-bond donors (Lipinski definition) is 0. The van der Waals surface area contributed by atoms with Crippen molar-refractivity contribution < 1.29 is 4.74 Å². The molecule has 1 nitrogen and oxygen atoms in total. The lowest BCUT2D eigenvalue weighted by atomic mass is 9.67. The van der Waals surface area contributed by atoms with E-state index < -0.39 is 0 Å². The second kappa shape index (κ2) is 11.6. The molecular formula is C24H46O. The van der Waals surface area contributed by atoms with Crippen molar-refractivity contribution >= 4 is 0 Å². The highest BCUT2D eigenvalue weighted by atomic mass is 16.5. The molecule has 2 rings (SSSR count). The highest BCUT2D eigenvalue weighted by Crippen LogP contribution is 2.45. The Bertz CT molecular complexity index is 321. The summed E-state index contributed by atoms with van der Waals surface area (Å²) in [6.07, 6.45) is 22.9. The lowest BCUT2D eigenvalue weighted by Crippen LogP contribution is -2.39. The number of ether oxygens (including phenoxy) is 1. The molecule has 0 unspecified atom stereocenters. The molecule has 148 valence electrons. The van der Waals surface area contributed by atoms with E-state index in [4.69, 9.17) is 4.74 Å². The van der Waals surface area contributed by atoms with Gasteiger partial charge in [0.1, 0.15) is 0 Å². The van der Waals surface area contributed by atoms with Crippen molar-refractivity contribution in [1.29, 1.82) is 0 Å². The van der Waals surface area contributed by atoms with Gasteiger partial charge in [-0.1, -0.05) is 71.6 Å². The van der Waals surface area contributed by atoms with Crippen molar-refractivity contribution in [1.82, 2.24) is 0 Å². The molecule has 25 heavy (non-hydrogen) atoms. The van der Waals surface area contributed by atoms with E-state index in [2.05, 4.69) is 20.8 Å². The van der Waals surface area contributed by atoms with E-state index in [0.717, 1.165) is 24.4 Å². The Kier molecular flexibility index (Phi) is 9.89. The molecule has 0 aromatic carbocycles. The predicted molar refractivity (Wildman–Crippen MR) is 110 cm³/mol. The Morgan fingerprint density at radius 2 is 1.36 bits per heavy atom. The summed E-state index contributed by atoms with van der Waals surface area (Å²) in [5.74, 6) is 3.11. The Balaban J connectivity index is 1.69. The number of hydrogen-bond acceptors (Lipinski definition) is 1. The topological polar surface area (TPSA) is 9.23 Å². The average molecular weight is 351 g/mol. The van der Waals surface area contributed by atoms with Gasteiger partial charge in [0, 0.05) is 6.61 Å². The van der Waals surface area contributed by atoms with Crippen molar-refractivity contribution in [2.75, 3.05) is 6.61 Å². The maximum Gasteiger partial charge on any atom is 0.0682 e. The van der Waals surface area contributed by atoms with E-state index in [0.29, 0.717) is 0 Å². The third-order valence-corrected chi connectivity index (χ3v) is 7.40. The van der Waals surface area contributed by atoms with Gasteiger partial charge in [-0.15, -0.1) is 0 Å². The molecule has 2 aliphatic carbocycles. The van der Waals surface area contributed by atoms with Gasteiger partial charge in [-0.2, -0.15) is 0 Å². The molecule has 0 N–H and O–H groups in total. The molecule has 0 bridgehead atoms. The first-order valence-electron chi connectivity index (χ1n) is 11.9. The third-order valence-electron chi connectivity index (χ3n) is 7.40. The normalized spacial score (nSPS) is 33.5. The standard InChI is InChI=1S/C24H46O/c1-4-7-9-10-11-21-12-14-22(15-13-21)23-16-19-24(20-17-23,25-6-3)18-8-5-2/h21-23H,4-20H2,1-3H3/t21?,22?,23-,24+. The highest BCUT2D eigenvalue weighted by molar-refractivity contribution is 4.90. The van der Waals surface area contributed by atoms with Crippen LogP contribution in [0.4, 0.5) is 0 Å². The lowest BCUT2D eigenvalue weighted by molar-refractivity contribution is -0.0853. The van der Waals surface area contributed by atoms with E-state index >= 15 is 0 Å². The first-order chi connectivity index (χ1) is 12.2. The molecule has 0 amide bonds. The lowest BCUT2D eigenvalue weighted by Gasteiger charge is -2.43. The van der Waals surface area contributed by atoms with Gasteiger partial charge in [0.05, 0.1) is 5.60 Å². The molecular weight excluding hydrogens is 304 g/mol. The van der Waals surface area contributed by atoms with Gasteiger partial charge >= 0.3 is 0 Å². The summed E-state index contributed by atoms with van der Waals surface area (Å²) in [6.45, 7) is 7.71. The van der Waals surface area contributed by atoms with Crippen LogP contribution in [-0.2, 0) is 4.74 Å². The predicted octanol–water partition coefficient (Wildman–Crippen LogP) is 7.92. The summed E-state index contributed by atoms with van der Waals surface area (Å²) in [7, 11) is 0. The van der Waals surface area contributed by atoms with Crippen LogP contribution in [0.2, 0.25) is 0 Å². The molecule has 0 atom stereocenters. The van der Waals surface area contributed by atoms with Crippen LogP contribution in [0.1, 0.15) is 124 Å². The summed E-state index contributed by atoms with van der Waals surface area (Å²) >= 11 is 0. The van der Waals surface area contributed by atoms with Gasteiger partial charge in [-0.25, -0.2) is 0 Å². The first-order valence-corrected chi connectivity index (χ1v) is 11.9. The summed E-state index contributed by atoms with van der Waals surface area (Å²) < 4.78 is 6.29. The zero-order valence-corrected chi connectivity index (χ0v) is 17.7. The zero-order chi connectivity index (χ0) is 18.0. The largest absolute Gasteiger partial charge is 0.375 e. The van der Waals surface area contributed by atoms with Crippen molar-refractivity contribution in [3.63, 3.8) is 0 Å². The van der Waals surface area contributed by atoms with Crippen LogP contribution < -0.4 is 0 Å². The molecule has 0 radical (unpaired) electrons. The molecule has 0 aromatic heterocycles. The summed E-state index contributed by atoms with van der Waals surface area (Å²) in [5.41, 5.74) is 0.248. The molecule has 2 aliphatic rings. The maximum atomic E-state index is 6.29. The first kappa shape index (κ1) is 21.3. The van der Waals surface area contributed by atoms with E-state index in [1.54, 1.807) is 0 Å². The van der Waals surface area contributed by atoms with E-state index in [1.165, 1.54) is 103 Å². The van der Waals surface area contributed by atoms with Crippen LogP contribution in [0.25, 0.3) is 0 Å². The van der Waals surface area contributed by atoms with Crippen molar-refractivity contribution in [2.24, 2.45) is 17.8 Å². The third kappa shape index (κ3) is 6.89. The number of rotatable bonds is 11. The monoisotopic (exact) mass is 350 g/mol. The molecule has 0 spiro atoms. The van der Waals surface area contributed by atoms with Gasteiger partial charge in [-0.05, 0) is 69.6 Å². The SMILES string of the molecule is CCCCCCC1CCC([C@H]2CC[C@@](CCCC)(OCC)CC2)CC1. The molecule has 0 heterocycles. The Labute approximate surface area is 158 Å². The van der Waals surface area contributed by atoms with Crippen molar-refractivity contribution in [3.05, 3.63) is 0 Å². The fraction of sp³-hybridized carbons (Fsp3) is 1.00. The highest BCUT2D eigenvalue weighted by Gasteiger charge is 2.38. The molecule has 2 saturated carbocycles. The molecule has 0 aliphatic heterocycles. The fourth-order valence-corrected chi connectivity index (χ4v) is 5.72. The van der Waals surface area contributed by atoms with Crippen LogP contribution in [0.3, 0.4) is 0 Å². The van der Waals surface area contributed by atoms with E-state index in [1.807, 2.05) is 0 Å². The van der Waals surface area contributed by atoms with Crippen LogP contribution in [0, 0.1) is 17.8 Å². The number of unbranched alkanes of at least 4 members (excludes halogenated alkanes) is 4. The van der Waals surface area contributed by atoms with Crippen molar-refractivity contribution in [2.45, 2.75) is 129 Å². The van der Waals surface area contributed by atoms with Gasteiger partial charge in [0.2, 0.25) is 0 Å². The van der Waals surface area contributed by atoms with Gasteiger partial charge in [0.15, 0.2) is 0 Å². The quantitative estimate of drug-likeness (QED) is 0.344. The van der Waals surface area contributed by atoms with Gasteiger partial charge in [-0.3, -0.25) is 0 Å². The van der Waals surface area contributed by atoms with Gasteiger partial charge in [0.25, 0.3) is 0 Å². The molecule has 0 saturated heterocycles. The minimum absolute atomic E-state index is 0.248. The maximum absolute atomic E-state index is 6.29. The summed E-state index contributed by atoms with van der Waals surface area (Å²) in [6, 6.07) is 0. The van der Waals surface area contributed by atoms with Crippen LogP contribution in [0.5, 0.6) is 0 Å². The van der Waals surface area contributed by atoms with Crippen LogP contribution >= 0.6 is 0 Å². The second-order valence-electron chi connectivity index (χ2n) is 9.19. The summed E-state index contributed by atoms with van der Waals surface area (Å²) in [4.78, 5) is 0. The second-order valence-corrected chi connectivity index (χ2v) is 9.19.